The molecule has 2 aromatic carbocycles. The molecule has 0 aliphatic carbocycles. The van der Waals surface area contributed by atoms with Crippen LogP contribution in [-0.4, -0.2) is 26.7 Å². The van der Waals surface area contributed by atoms with Crippen LogP contribution in [0.1, 0.15) is 42.6 Å². The first kappa shape index (κ1) is 20.8. The number of benzene rings is 2. The van der Waals surface area contributed by atoms with Crippen LogP contribution in [0.3, 0.4) is 0 Å². The van der Waals surface area contributed by atoms with Gasteiger partial charge < -0.3 is 10.1 Å². The topological polar surface area (TPSA) is 84.5 Å². The number of anilines is 2. The smallest absolute Gasteiger partial charge is 0.255 e. The summed E-state index contributed by atoms with van der Waals surface area (Å²) in [6.45, 7) is 6.17. The second-order valence-corrected chi connectivity index (χ2v) is 8.07. The van der Waals surface area contributed by atoms with Crippen molar-refractivity contribution < 1.29 is 17.9 Å². The van der Waals surface area contributed by atoms with Crippen molar-refractivity contribution in [3.63, 3.8) is 0 Å². The fraction of sp³-hybridized carbons (Fsp3) is 0.350. The fourth-order valence-corrected chi connectivity index (χ4v) is 3.71. The van der Waals surface area contributed by atoms with Crippen molar-refractivity contribution in [2.75, 3.05) is 22.4 Å². The van der Waals surface area contributed by atoms with Crippen molar-refractivity contribution in [2.24, 2.45) is 0 Å². The second kappa shape index (κ2) is 9.41. The Labute approximate surface area is 161 Å². The molecule has 0 atom stereocenters. The maximum absolute atomic E-state index is 12.6. The second-order valence-electron chi connectivity index (χ2n) is 6.23. The van der Waals surface area contributed by atoms with Gasteiger partial charge in [-0.25, -0.2) is 8.42 Å². The van der Waals surface area contributed by atoms with Crippen LogP contribution in [0.2, 0.25) is 0 Å². The van der Waals surface area contributed by atoms with Gasteiger partial charge in [-0.3, -0.25) is 9.52 Å². The molecule has 0 bridgehead atoms. The predicted molar refractivity (Wildman–Crippen MR) is 109 cm³/mol. The number of nitrogens with one attached hydrogen (secondary N) is 2. The van der Waals surface area contributed by atoms with Gasteiger partial charge in [-0.05, 0) is 55.7 Å². The molecule has 0 radical (unpaired) electrons. The van der Waals surface area contributed by atoms with E-state index in [4.69, 9.17) is 4.74 Å². The van der Waals surface area contributed by atoms with Crippen LogP contribution >= 0.6 is 0 Å². The molecule has 0 heterocycles. The average molecular weight is 391 g/mol. The largest absolute Gasteiger partial charge is 0.494 e. The lowest BCUT2D eigenvalue weighted by molar-refractivity contribution is 0.102. The van der Waals surface area contributed by atoms with Crippen LogP contribution < -0.4 is 14.8 Å². The van der Waals surface area contributed by atoms with E-state index < -0.39 is 10.0 Å². The molecular weight excluding hydrogens is 364 g/mol. The molecule has 7 heteroatoms. The number of sulfonamides is 1. The lowest BCUT2D eigenvalue weighted by Gasteiger charge is -2.14. The summed E-state index contributed by atoms with van der Waals surface area (Å²) in [5, 5.41) is 2.84. The van der Waals surface area contributed by atoms with E-state index in [1.54, 1.807) is 56.3 Å². The van der Waals surface area contributed by atoms with E-state index in [-0.39, 0.29) is 11.7 Å². The third kappa shape index (κ3) is 5.99. The number of hydrogen-bond acceptors (Lipinski definition) is 4. The van der Waals surface area contributed by atoms with Crippen molar-refractivity contribution in [3.8, 4) is 5.75 Å². The Bertz CT molecular complexity index is 895. The van der Waals surface area contributed by atoms with Gasteiger partial charge in [0.25, 0.3) is 5.91 Å². The van der Waals surface area contributed by atoms with Gasteiger partial charge in [0.1, 0.15) is 5.75 Å². The van der Waals surface area contributed by atoms with Gasteiger partial charge in [0.15, 0.2) is 0 Å². The molecule has 1 amide bonds. The molecule has 0 saturated heterocycles. The highest BCUT2D eigenvalue weighted by molar-refractivity contribution is 7.92. The van der Waals surface area contributed by atoms with Gasteiger partial charge >= 0.3 is 0 Å². The highest BCUT2D eigenvalue weighted by Gasteiger charge is 2.14. The first-order valence-corrected chi connectivity index (χ1v) is 10.7. The summed E-state index contributed by atoms with van der Waals surface area (Å²) in [6, 6.07) is 12.1. The average Bonchev–Trinajstić information content (AvgIpc) is 2.63. The van der Waals surface area contributed by atoms with Gasteiger partial charge in [-0.15, -0.1) is 0 Å². The third-order valence-electron chi connectivity index (χ3n) is 3.89. The normalized spacial score (nSPS) is 11.1. The summed E-state index contributed by atoms with van der Waals surface area (Å²) >= 11 is 0. The van der Waals surface area contributed by atoms with E-state index in [0.29, 0.717) is 41.3 Å². The predicted octanol–water partition coefficient (Wildman–Crippen LogP) is 4.19. The maximum atomic E-state index is 12.6. The molecule has 2 aromatic rings. The van der Waals surface area contributed by atoms with Crippen LogP contribution in [0.4, 0.5) is 11.4 Å². The molecule has 0 spiro atoms. The van der Waals surface area contributed by atoms with Crippen molar-refractivity contribution in [3.05, 3.63) is 53.6 Å². The molecule has 2 N–H and O–H groups in total. The quantitative estimate of drug-likeness (QED) is 0.672. The first-order chi connectivity index (χ1) is 12.9. The van der Waals surface area contributed by atoms with Crippen LogP contribution in [0, 0.1) is 6.92 Å². The monoisotopic (exact) mass is 390 g/mol. The van der Waals surface area contributed by atoms with Crippen LogP contribution in [0.5, 0.6) is 5.75 Å². The number of rotatable bonds is 9. The van der Waals surface area contributed by atoms with Crippen LogP contribution in [-0.2, 0) is 10.0 Å². The first-order valence-electron chi connectivity index (χ1n) is 9.00. The van der Waals surface area contributed by atoms with Crippen molar-refractivity contribution in [1.29, 1.82) is 0 Å². The Morgan fingerprint density at radius 1 is 1.04 bits per heavy atom. The van der Waals surface area contributed by atoms with Gasteiger partial charge in [-0.2, -0.15) is 0 Å². The molecule has 146 valence electrons. The lowest BCUT2D eigenvalue weighted by Crippen LogP contribution is -2.18. The van der Waals surface area contributed by atoms with Gasteiger partial charge in [-0.1, -0.05) is 26.0 Å². The zero-order valence-electron chi connectivity index (χ0n) is 15.9. The van der Waals surface area contributed by atoms with Gasteiger partial charge in [0, 0.05) is 11.3 Å². The van der Waals surface area contributed by atoms with E-state index in [2.05, 4.69) is 10.0 Å². The number of carbonyl (C=O) groups excluding carboxylic acids is 1. The standard InChI is InChI=1S/C20H26N2O4S/c1-4-12-26-17-9-6-8-16(14-17)20(23)21-18-10-7-11-19(15(18)3)22-27(24,25)13-5-2/h6-11,14,22H,4-5,12-13H2,1-3H3,(H,21,23). The van der Waals surface area contributed by atoms with Crippen LogP contribution in [0.15, 0.2) is 42.5 Å². The highest BCUT2D eigenvalue weighted by Crippen LogP contribution is 2.25. The van der Waals surface area contributed by atoms with Crippen LogP contribution in [0.25, 0.3) is 0 Å². The van der Waals surface area contributed by atoms with Crippen molar-refractivity contribution >= 4 is 27.3 Å². The maximum Gasteiger partial charge on any atom is 0.255 e. The van der Waals surface area contributed by atoms with E-state index in [1.165, 1.54) is 0 Å². The summed E-state index contributed by atoms with van der Waals surface area (Å²) in [6.07, 6.45) is 1.41. The molecule has 0 unspecified atom stereocenters. The Balaban J connectivity index is 2.18. The Kier molecular flexibility index (Phi) is 7.24. The highest BCUT2D eigenvalue weighted by atomic mass is 32.2. The Hall–Kier alpha value is -2.54. The summed E-state index contributed by atoms with van der Waals surface area (Å²) in [7, 11) is -3.40. The van der Waals surface area contributed by atoms with E-state index in [1.807, 2.05) is 6.92 Å². The molecule has 6 nitrogen and oxygen atoms in total. The number of amides is 1. The van der Waals surface area contributed by atoms with E-state index in [0.717, 1.165) is 6.42 Å². The number of hydrogen-bond donors (Lipinski definition) is 2. The minimum atomic E-state index is -3.40. The molecule has 0 aromatic heterocycles. The summed E-state index contributed by atoms with van der Waals surface area (Å²) in [4.78, 5) is 12.6. The summed E-state index contributed by atoms with van der Waals surface area (Å²) in [5.41, 5.74) is 2.14. The number of ether oxygens (including phenoxy) is 1. The molecule has 0 aliphatic heterocycles. The minimum absolute atomic E-state index is 0.0492. The molecule has 0 aliphatic rings. The Morgan fingerprint density at radius 3 is 2.44 bits per heavy atom. The van der Waals surface area contributed by atoms with Crippen molar-refractivity contribution in [2.45, 2.75) is 33.6 Å². The Morgan fingerprint density at radius 2 is 1.74 bits per heavy atom. The molecular formula is C20H26N2O4S. The third-order valence-corrected chi connectivity index (χ3v) is 5.37. The van der Waals surface area contributed by atoms with Crippen molar-refractivity contribution in [1.82, 2.24) is 0 Å². The lowest BCUT2D eigenvalue weighted by atomic mass is 10.1. The molecule has 0 saturated carbocycles. The zero-order chi connectivity index (χ0) is 19.9. The number of carbonyl (C=O) groups is 1. The van der Waals surface area contributed by atoms with E-state index >= 15 is 0 Å². The SMILES string of the molecule is CCCOc1cccc(C(=O)Nc2cccc(NS(=O)(=O)CCC)c2C)c1. The van der Waals surface area contributed by atoms with Gasteiger partial charge in [0.2, 0.25) is 10.0 Å². The summed E-state index contributed by atoms with van der Waals surface area (Å²) in [5.74, 6) is 0.407. The molecule has 0 fully saturated rings. The van der Waals surface area contributed by atoms with Gasteiger partial charge in [0.05, 0.1) is 18.0 Å². The fourth-order valence-electron chi connectivity index (χ4n) is 2.51. The molecule has 27 heavy (non-hydrogen) atoms. The molecule has 2 rings (SSSR count). The van der Waals surface area contributed by atoms with E-state index in [9.17, 15) is 13.2 Å². The zero-order valence-corrected chi connectivity index (χ0v) is 16.7. The summed E-state index contributed by atoms with van der Waals surface area (Å²) < 4.78 is 32.2. The minimum Gasteiger partial charge on any atom is -0.494 e.